The molecule has 0 aliphatic rings. The van der Waals surface area contributed by atoms with Gasteiger partial charge in [-0.1, -0.05) is 0 Å². The summed E-state index contributed by atoms with van der Waals surface area (Å²) >= 11 is 0. The fraction of sp³-hybridized carbons (Fsp3) is 0.231. The summed E-state index contributed by atoms with van der Waals surface area (Å²) in [5.74, 6) is 0.0167. The number of imidazole rings is 1. The maximum atomic E-state index is 12.1. The molecule has 2 aromatic rings. The first kappa shape index (κ1) is 14.5. The lowest BCUT2D eigenvalue weighted by atomic mass is 10.1. The van der Waals surface area contributed by atoms with Gasteiger partial charge in [0.1, 0.15) is 0 Å². The first-order valence-corrected chi connectivity index (χ1v) is 6.22. The lowest BCUT2D eigenvalue weighted by molar-refractivity contribution is -0.385. The number of aryl methyl sites for hydroxylation is 1. The first-order valence-electron chi connectivity index (χ1n) is 6.22. The lowest BCUT2D eigenvalue weighted by Gasteiger charge is -2.07. The molecule has 1 aromatic carbocycles. The Morgan fingerprint density at radius 2 is 2.29 bits per heavy atom. The summed E-state index contributed by atoms with van der Waals surface area (Å²) in [4.78, 5) is 26.5. The monoisotopic (exact) mass is 290 g/mol. The minimum atomic E-state index is -0.581. The largest absolute Gasteiger partial charge is 0.487 e. The van der Waals surface area contributed by atoms with E-state index in [0.717, 1.165) is 0 Å². The molecule has 1 aromatic heterocycles. The molecule has 21 heavy (non-hydrogen) atoms. The molecule has 0 aliphatic heterocycles. The number of benzene rings is 1. The van der Waals surface area contributed by atoms with Crippen LogP contribution in [0, 0.1) is 10.1 Å². The topological polar surface area (TPSA) is 99.3 Å². The van der Waals surface area contributed by atoms with E-state index < -0.39 is 10.8 Å². The molecule has 110 valence electrons. The average molecular weight is 290 g/mol. The van der Waals surface area contributed by atoms with Crippen molar-refractivity contribution in [3.05, 3.63) is 46.3 Å². The van der Waals surface area contributed by atoms with Gasteiger partial charge in [-0.3, -0.25) is 20.2 Å². The number of carbonyl (C=O) groups excluding carboxylic acids is 1. The van der Waals surface area contributed by atoms with Crippen LogP contribution >= 0.6 is 0 Å². The molecule has 0 aliphatic carbocycles. The molecule has 0 unspecified atom stereocenters. The van der Waals surface area contributed by atoms with Gasteiger partial charge in [0.2, 0.25) is 5.95 Å². The van der Waals surface area contributed by atoms with Gasteiger partial charge < -0.3 is 9.30 Å². The van der Waals surface area contributed by atoms with Crippen molar-refractivity contribution in [2.75, 3.05) is 11.9 Å². The van der Waals surface area contributed by atoms with Crippen molar-refractivity contribution in [1.29, 1.82) is 0 Å². The predicted octanol–water partition coefficient (Wildman–Crippen LogP) is 1.98. The lowest BCUT2D eigenvalue weighted by Crippen LogP contribution is -2.15. The third-order valence-corrected chi connectivity index (χ3v) is 2.76. The average Bonchev–Trinajstić information content (AvgIpc) is 2.84. The third-order valence-electron chi connectivity index (χ3n) is 2.76. The molecule has 0 saturated carbocycles. The van der Waals surface area contributed by atoms with E-state index in [9.17, 15) is 14.9 Å². The Hall–Kier alpha value is -2.90. The van der Waals surface area contributed by atoms with E-state index in [4.69, 9.17) is 4.74 Å². The van der Waals surface area contributed by atoms with Gasteiger partial charge >= 0.3 is 5.69 Å². The highest BCUT2D eigenvalue weighted by Crippen LogP contribution is 2.28. The summed E-state index contributed by atoms with van der Waals surface area (Å²) in [6.07, 6.45) is 3.21. The molecule has 0 fully saturated rings. The Kier molecular flexibility index (Phi) is 4.17. The fourth-order valence-corrected chi connectivity index (χ4v) is 1.74. The second kappa shape index (κ2) is 6.04. The molecule has 0 bridgehead atoms. The van der Waals surface area contributed by atoms with Crippen LogP contribution in [0.5, 0.6) is 5.75 Å². The highest BCUT2D eigenvalue weighted by molar-refractivity contribution is 6.04. The third kappa shape index (κ3) is 3.16. The standard InChI is InChI=1S/C13H14N4O4/c1-3-21-11-5-4-9(8-10(11)17(19)20)12(18)15-13-14-6-7-16(13)2/h4-8H,3H2,1-2H3,(H,14,15,18). The van der Waals surface area contributed by atoms with Gasteiger partial charge in [-0.05, 0) is 19.1 Å². The number of hydrogen-bond donors (Lipinski definition) is 1. The fourth-order valence-electron chi connectivity index (χ4n) is 1.74. The molecule has 0 saturated heterocycles. The van der Waals surface area contributed by atoms with Crippen LogP contribution in [0.25, 0.3) is 0 Å². The number of ether oxygens (including phenoxy) is 1. The zero-order valence-electron chi connectivity index (χ0n) is 11.6. The molecule has 2 rings (SSSR count). The SMILES string of the molecule is CCOc1ccc(C(=O)Nc2nccn2C)cc1[N+](=O)[O-]. The number of nitrogens with zero attached hydrogens (tertiary/aromatic N) is 3. The van der Waals surface area contributed by atoms with Gasteiger partial charge in [0, 0.05) is 31.1 Å². The summed E-state index contributed by atoms with van der Waals surface area (Å²) in [6.45, 7) is 2.03. The van der Waals surface area contributed by atoms with Gasteiger partial charge in [0.25, 0.3) is 5.91 Å². The number of rotatable bonds is 5. The van der Waals surface area contributed by atoms with E-state index in [1.807, 2.05) is 0 Å². The van der Waals surface area contributed by atoms with Crippen LogP contribution in [0.2, 0.25) is 0 Å². The summed E-state index contributed by atoms with van der Waals surface area (Å²) in [6, 6.07) is 4.06. The van der Waals surface area contributed by atoms with Crippen molar-refractivity contribution in [3.8, 4) is 5.75 Å². The van der Waals surface area contributed by atoms with E-state index in [1.165, 1.54) is 24.4 Å². The number of carbonyl (C=O) groups is 1. The van der Waals surface area contributed by atoms with Crippen molar-refractivity contribution >= 4 is 17.5 Å². The molecule has 1 heterocycles. The summed E-state index contributed by atoms with van der Waals surface area (Å²) in [5, 5.41) is 13.6. The van der Waals surface area contributed by atoms with E-state index in [0.29, 0.717) is 12.6 Å². The minimum absolute atomic E-state index is 0.135. The van der Waals surface area contributed by atoms with Gasteiger partial charge in [0.15, 0.2) is 5.75 Å². The zero-order chi connectivity index (χ0) is 15.4. The van der Waals surface area contributed by atoms with Crippen LogP contribution in [0.4, 0.5) is 11.6 Å². The molecule has 0 atom stereocenters. The number of nitro benzene ring substituents is 1. The summed E-state index contributed by atoms with van der Waals surface area (Å²) in [5.41, 5.74) is -0.0857. The van der Waals surface area contributed by atoms with Crippen molar-refractivity contribution in [3.63, 3.8) is 0 Å². The normalized spacial score (nSPS) is 10.2. The number of amides is 1. The number of nitrogens with one attached hydrogen (secondary N) is 1. The molecule has 0 spiro atoms. The molecule has 1 N–H and O–H groups in total. The molecule has 1 amide bonds. The minimum Gasteiger partial charge on any atom is -0.487 e. The van der Waals surface area contributed by atoms with Gasteiger partial charge in [-0.15, -0.1) is 0 Å². The molecular formula is C13H14N4O4. The maximum absolute atomic E-state index is 12.1. The zero-order valence-corrected chi connectivity index (χ0v) is 11.6. The number of aromatic nitrogens is 2. The predicted molar refractivity (Wildman–Crippen MR) is 75.4 cm³/mol. The van der Waals surface area contributed by atoms with E-state index in [2.05, 4.69) is 10.3 Å². The quantitative estimate of drug-likeness (QED) is 0.670. The van der Waals surface area contributed by atoms with E-state index in [-0.39, 0.29) is 17.0 Å². The molecule has 8 heteroatoms. The number of nitro groups is 1. The first-order chi connectivity index (χ1) is 10.0. The van der Waals surface area contributed by atoms with Crippen molar-refractivity contribution in [2.45, 2.75) is 6.92 Å². The second-order valence-electron chi connectivity index (χ2n) is 4.19. The van der Waals surface area contributed by atoms with E-state index in [1.54, 1.807) is 24.7 Å². The second-order valence-corrected chi connectivity index (χ2v) is 4.19. The van der Waals surface area contributed by atoms with Gasteiger partial charge in [-0.25, -0.2) is 4.98 Å². The Labute approximate surface area is 120 Å². The number of anilines is 1. The Balaban J connectivity index is 2.27. The highest BCUT2D eigenvalue weighted by Gasteiger charge is 2.19. The van der Waals surface area contributed by atoms with Crippen LogP contribution in [0.1, 0.15) is 17.3 Å². The molecular weight excluding hydrogens is 276 g/mol. The maximum Gasteiger partial charge on any atom is 0.311 e. The summed E-state index contributed by atoms with van der Waals surface area (Å²) < 4.78 is 6.79. The summed E-state index contributed by atoms with van der Waals surface area (Å²) in [7, 11) is 1.73. The highest BCUT2D eigenvalue weighted by atomic mass is 16.6. The Morgan fingerprint density at radius 3 is 2.86 bits per heavy atom. The molecule has 0 radical (unpaired) electrons. The van der Waals surface area contributed by atoms with E-state index >= 15 is 0 Å². The van der Waals surface area contributed by atoms with Crippen molar-refractivity contribution < 1.29 is 14.5 Å². The Bertz CT molecular complexity index is 681. The van der Waals surface area contributed by atoms with Crippen LogP contribution in [-0.4, -0.2) is 27.0 Å². The van der Waals surface area contributed by atoms with Gasteiger partial charge in [-0.2, -0.15) is 0 Å². The van der Waals surface area contributed by atoms with Gasteiger partial charge in [0.05, 0.1) is 11.5 Å². The smallest absolute Gasteiger partial charge is 0.311 e. The van der Waals surface area contributed by atoms with Crippen LogP contribution in [0.15, 0.2) is 30.6 Å². The van der Waals surface area contributed by atoms with Crippen molar-refractivity contribution in [2.24, 2.45) is 7.05 Å². The van der Waals surface area contributed by atoms with Crippen LogP contribution < -0.4 is 10.1 Å². The number of hydrogen-bond acceptors (Lipinski definition) is 5. The van der Waals surface area contributed by atoms with Crippen LogP contribution in [0.3, 0.4) is 0 Å². The Morgan fingerprint density at radius 1 is 1.52 bits per heavy atom. The van der Waals surface area contributed by atoms with Crippen molar-refractivity contribution in [1.82, 2.24) is 9.55 Å². The molecule has 8 nitrogen and oxygen atoms in total. The van der Waals surface area contributed by atoms with Crippen LogP contribution in [-0.2, 0) is 7.05 Å².